The van der Waals surface area contributed by atoms with Crippen LogP contribution in [0.15, 0.2) is 43.0 Å². The largest absolute Gasteiger partial charge is 0.490 e. The van der Waals surface area contributed by atoms with Gasteiger partial charge < -0.3 is 14.8 Å². The highest BCUT2D eigenvalue weighted by molar-refractivity contribution is 6.35. The summed E-state index contributed by atoms with van der Waals surface area (Å²) in [5.74, 6) is 1.11. The van der Waals surface area contributed by atoms with Gasteiger partial charge >= 0.3 is 0 Å². The maximum Gasteiger partial charge on any atom is 0.180 e. The number of benzene rings is 2. The molecule has 0 bridgehead atoms. The summed E-state index contributed by atoms with van der Waals surface area (Å²) in [7, 11) is 0. The molecule has 0 saturated heterocycles. The number of hydrogen-bond donors (Lipinski definition) is 1. The van der Waals surface area contributed by atoms with Crippen LogP contribution in [0, 0.1) is 0 Å². The van der Waals surface area contributed by atoms with Crippen molar-refractivity contribution >= 4 is 34.8 Å². The average molecular weight is 401 g/mol. The van der Waals surface area contributed by atoms with Gasteiger partial charge in [0.1, 0.15) is 6.61 Å². The fraction of sp³-hybridized carbons (Fsp3) is 0.263. The number of hydrogen-bond acceptors (Lipinski definition) is 3. The van der Waals surface area contributed by atoms with Crippen LogP contribution in [0.1, 0.15) is 18.1 Å². The normalized spacial score (nSPS) is 10.6. The van der Waals surface area contributed by atoms with Crippen molar-refractivity contribution in [1.82, 2.24) is 5.32 Å². The monoisotopic (exact) mass is 399 g/mol. The Hall–Kier alpha value is -1.39. The van der Waals surface area contributed by atoms with E-state index in [9.17, 15) is 0 Å². The minimum atomic E-state index is 0.268. The molecular formula is C19H20Cl3NO2. The molecule has 0 amide bonds. The van der Waals surface area contributed by atoms with Gasteiger partial charge in [0.25, 0.3) is 0 Å². The van der Waals surface area contributed by atoms with Crippen molar-refractivity contribution in [3.8, 4) is 11.5 Å². The molecule has 2 aromatic rings. The van der Waals surface area contributed by atoms with E-state index in [1.807, 2.05) is 25.1 Å². The van der Waals surface area contributed by atoms with Crippen LogP contribution in [0.2, 0.25) is 15.1 Å². The van der Waals surface area contributed by atoms with Gasteiger partial charge in [-0.25, -0.2) is 0 Å². The van der Waals surface area contributed by atoms with Gasteiger partial charge in [0.15, 0.2) is 11.5 Å². The molecule has 25 heavy (non-hydrogen) atoms. The number of ether oxygens (including phenoxy) is 2. The summed E-state index contributed by atoms with van der Waals surface area (Å²) in [6, 6.07) is 9.06. The summed E-state index contributed by atoms with van der Waals surface area (Å²) in [6.45, 7) is 7.76. The zero-order valence-electron chi connectivity index (χ0n) is 14.0. The third-order valence-electron chi connectivity index (χ3n) is 3.37. The molecule has 2 aromatic carbocycles. The van der Waals surface area contributed by atoms with Crippen LogP contribution in [0.4, 0.5) is 0 Å². The van der Waals surface area contributed by atoms with Crippen LogP contribution in [0.3, 0.4) is 0 Å². The first-order valence-corrected chi connectivity index (χ1v) is 9.02. The van der Waals surface area contributed by atoms with Gasteiger partial charge in [-0.3, -0.25) is 0 Å². The zero-order chi connectivity index (χ0) is 18.2. The van der Waals surface area contributed by atoms with E-state index in [1.165, 1.54) is 0 Å². The Kier molecular flexibility index (Phi) is 7.91. The molecule has 0 fully saturated rings. The first-order valence-electron chi connectivity index (χ1n) is 7.88. The molecule has 0 atom stereocenters. The highest BCUT2D eigenvalue weighted by atomic mass is 35.5. The van der Waals surface area contributed by atoms with Gasteiger partial charge in [-0.15, -0.1) is 6.58 Å². The van der Waals surface area contributed by atoms with Crippen LogP contribution in [0.5, 0.6) is 11.5 Å². The lowest BCUT2D eigenvalue weighted by atomic mass is 10.2. The second-order valence-corrected chi connectivity index (χ2v) is 6.53. The fourth-order valence-electron chi connectivity index (χ4n) is 2.23. The molecule has 0 aliphatic heterocycles. The van der Waals surface area contributed by atoms with Crippen molar-refractivity contribution in [1.29, 1.82) is 0 Å². The van der Waals surface area contributed by atoms with E-state index in [4.69, 9.17) is 44.3 Å². The third-order valence-corrected chi connectivity index (χ3v) is 4.24. The third kappa shape index (κ3) is 5.82. The molecule has 3 nitrogen and oxygen atoms in total. The molecule has 0 aliphatic rings. The Morgan fingerprint density at radius 2 is 1.88 bits per heavy atom. The van der Waals surface area contributed by atoms with Gasteiger partial charge in [0.2, 0.25) is 0 Å². The Bertz CT molecular complexity index is 735. The summed E-state index contributed by atoms with van der Waals surface area (Å²) >= 11 is 18.5. The number of rotatable bonds is 9. The number of halogens is 3. The zero-order valence-corrected chi connectivity index (χ0v) is 16.2. The lowest BCUT2D eigenvalue weighted by Crippen LogP contribution is -2.13. The van der Waals surface area contributed by atoms with Crippen LogP contribution in [-0.2, 0) is 13.2 Å². The van der Waals surface area contributed by atoms with Crippen LogP contribution in [-0.4, -0.2) is 13.2 Å². The standard InChI is InChI=1S/C19H20Cl3NO2/c1-3-7-23-11-13-8-17(22)19(18(9-13)24-4-2)25-12-14-5-6-15(20)10-16(14)21/h3,5-6,8-10,23H,1,4,7,11-12H2,2H3. The molecule has 0 aliphatic carbocycles. The quantitative estimate of drug-likeness (QED) is 0.420. The van der Waals surface area contributed by atoms with Gasteiger partial charge in [0, 0.05) is 28.7 Å². The van der Waals surface area contributed by atoms with E-state index < -0.39 is 0 Å². The molecule has 0 radical (unpaired) electrons. The van der Waals surface area contributed by atoms with Crippen molar-refractivity contribution in [2.75, 3.05) is 13.2 Å². The summed E-state index contributed by atoms with van der Waals surface area (Å²) in [4.78, 5) is 0. The lowest BCUT2D eigenvalue weighted by molar-refractivity contribution is 0.269. The Morgan fingerprint density at radius 3 is 2.56 bits per heavy atom. The molecular weight excluding hydrogens is 381 g/mol. The first kappa shape index (κ1) is 19.9. The van der Waals surface area contributed by atoms with Crippen molar-refractivity contribution in [3.05, 3.63) is 69.2 Å². The van der Waals surface area contributed by atoms with E-state index in [2.05, 4.69) is 11.9 Å². The molecule has 1 N–H and O–H groups in total. The van der Waals surface area contributed by atoms with E-state index >= 15 is 0 Å². The molecule has 0 heterocycles. The Balaban J connectivity index is 2.18. The highest BCUT2D eigenvalue weighted by Crippen LogP contribution is 2.37. The lowest BCUT2D eigenvalue weighted by Gasteiger charge is -2.16. The van der Waals surface area contributed by atoms with Crippen molar-refractivity contribution in [2.24, 2.45) is 0 Å². The maximum atomic E-state index is 6.41. The summed E-state index contributed by atoms with van der Waals surface area (Å²) in [5.41, 5.74) is 1.83. The molecule has 2 rings (SSSR count). The minimum absolute atomic E-state index is 0.268. The second kappa shape index (κ2) is 9.93. The smallest absolute Gasteiger partial charge is 0.180 e. The molecule has 0 saturated carbocycles. The van der Waals surface area contributed by atoms with Crippen molar-refractivity contribution in [2.45, 2.75) is 20.1 Å². The van der Waals surface area contributed by atoms with Crippen molar-refractivity contribution in [3.63, 3.8) is 0 Å². The molecule has 0 spiro atoms. The molecule has 0 unspecified atom stereocenters. The van der Waals surface area contributed by atoms with Gasteiger partial charge in [0.05, 0.1) is 11.6 Å². The summed E-state index contributed by atoms with van der Waals surface area (Å²) in [5, 5.41) is 4.86. The van der Waals surface area contributed by atoms with Gasteiger partial charge in [-0.1, -0.05) is 46.9 Å². The van der Waals surface area contributed by atoms with E-state index in [-0.39, 0.29) is 6.61 Å². The second-order valence-electron chi connectivity index (χ2n) is 5.28. The fourth-order valence-corrected chi connectivity index (χ4v) is 2.98. The SMILES string of the molecule is C=CCNCc1cc(Cl)c(OCc2ccc(Cl)cc2Cl)c(OCC)c1. The van der Waals surface area contributed by atoms with E-state index in [0.717, 1.165) is 17.7 Å². The predicted octanol–water partition coefficient (Wildman–Crippen LogP) is 5.90. The Morgan fingerprint density at radius 1 is 1.08 bits per heavy atom. The van der Waals surface area contributed by atoms with Crippen LogP contribution in [0.25, 0.3) is 0 Å². The summed E-state index contributed by atoms with van der Waals surface area (Å²) < 4.78 is 11.6. The maximum absolute atomic E-state index is 6.41. The first-order chi connectivity index (χ1) is 12.0. The van der Waals surface area contributed by atoms with Gasteiger partial charge in [-0.2, -0.15) is 0 Å². The molecule has 134 valence electrons. The average Bonchev–Trinajstić information content (AvgIpc) is 2.56. The van der Waals surface area contributed by atoms with E-state index in [1.54, 1.807) is 18.2 Å². The Labute approximate surface area is 163 Å². The van der Waals surface area contributed by atoms with Crippen LogP contribution >= 0.6 is 34.8 Å². The van der Waals surface area contributed by atoms with E-state index in [0.29, 0.717) is 39.7 Å². The van der Waals surface area contributed by atoms with Gasteiger partial charge in [-0.05, 0) is 36.8 Å². The predicted molar refractivity (Wildman–Crippen MR) is 105 cm³/mol. The highest BCUT2D eigenvalue weighted by Gasteiger charge is 2.14. The van der Waals surface area contributed by atoms with Crippen molar-refractivity contribution < 1.29 is 9.47 Å². The minimum Gasteiger partial charge on any atom is -0.490 e. The summed E-state index contributed by atoms with van der Waals surface area (Å²) in [6.07, 6.45) is 1.80. The molecule has 0 aromatic heterocycles. The number of nitrogens with one attached hydrogen (secondary N) is 1. The van der Waals surface area contributed by atoms with Crippen LogP contribution < -0.4 is 14.8 Å². The topological polar surface area (TPSA) is 30.5 Å². The molecule has 6 heteroatoms.